The molecule has 0 aliphatic carbocycles. The van der Waals surface area contributed by atoms with Crippen LogP contribution in [0.25, 0.3) is 0 Å². The summed E-state index contributed by atoms with van der Waals surface area (Å²) in [7, 11) is 0. The van der Waals surface area contributed by atoms with Crippen molar-refractivity contribution in [2.45, 2.75) is 19.8 Å². The second-order valence-corrected chi connectivity index (χ2v) is 3.71. The van der Waals surface area contributed by atoms with Crippen molar-refractivity contribution in [3.05, 3.63) is 29.3 Å². The van der Waals surface area contributed by atoms with E-state index in [9.17, 15) is 0 Å². The van der Waals surface area contributed by atoms with Crippen LogP contribution in [0.5, 0.6) is 5.75 Å². The van der Waals surface area contributed by atoms with E-state index in [0.29, 0.717) is 18.1 Å². The third-order valence-corrected chi connectivity index (χ3v) is 2.37. The number of alkyl halides is 1. The van der Waals surface area contributed by atoms with Crippen LogP contribution in [0.3, 0.4) is 0 Å². The van der Waals surface area contributed by atoms with Crippen molar-refractivity contribution in [1.29, 1.82) is 5.26 Å². The highest BCUT2D eigenvalue weighted by molar-refractivity contribution is 6.17. The predicted molar refractivity (Wildman–Crippen MR) is 61.3 cm³/mol. The van der Waals surface area contributed by atoms with Gasteiger partial charge < -0.3 is 4.74 Å². The Bertz CT molecular complexity index is 357. The van der Waals surface area contributed by atoms with Gasteiger partial charge in [-0.3, -0.25) is 0 Å². The Morgan fingerprint density at radius 2 is 2.20 bits per heavy atom. The van der Waals surface area contributed by atoms with E-state index in [0.717, 1.165) is 24.2 Å². The average molecular weight is 224 g/mol. The molecule has 0 N–H and O–H groups in total. The van der Waals surface area contributed by atoms with Crippen LogP contribution in [0.4, 0.5) is 0 Å². The number of halogens is 1. The molecule has 2 nitrogen and oxygen atoms in total. The highest BCUT2D eigenvalue weighted by Crippen LogP contribution is 2.19. The Morgan fingerprint density at radius 3 is 2.87 bits per heavy atom. The molecule has 0 atom stereocenters. The van der Waals surface area contributed by atoms with E-state index in [2.05, 4.69) is 6.07 Å². The minimum Gasteiger partial charge on any atom is -0.493 e. The molecule has 3 heteroatoms. The van der Waals surface area contributed by atoms with Crippen molar-refractivity contribution >= 4 is 11.6 Å². The fourth-order valence-corrected chi connectivity index (χ4v) is 1.39. The molecule has 15 heavy (non-hydrogen) atoms. The van der Waals surface area contributed by atoms with E-state index in [1.54, 1.807) is 12.1 Å². The van der Waals surface area contributed by atoms with Crippen molar-refractivity contribution in [3.8, 4) is 11.8 Å². The lowest BCUT2D eigenvalue weighted by atomic mass is 10.1. The van der Waals surface area contributed by atoms with Crippen LogP contribution >= 0.6 is 11.6 Å². The predicted octanol–water partition coefficient (Wildman–Crippen LogP) is 3.26. The summed E-state index contributed by atoms with van der Waals surface area (Å²) >= 11 is 5.56. The lowest BCUT2D eigenvalue weighted by molar-refractivity contribution is 0.307. The van der Waals surface area contributed by atoms with Crippen molar-refractivity contribution in [1.82, 2.24) is 0 Å². The Morgan fingerprint density at radius 1 is 1.40 bits per heavy atom. The molecule has 0 saturated heterocycles. The molecule has 0 aliphatic heterocycles. The van der Waals surface area contributed by atoms with Crippen molar-refractivity contribution < 1.29 is 4.74 Å². The summed E-state index contributed by atoms with van der Waals surface area (Å²) in [6.45, 7) is 2.63. The lowest BCUT2D eigenvalue weighted by Gasteiger charge is -2.08. The van der Waals surface area contributed by atoms with Gasteiger partial charge >= 0.3 is 0 Å². The second kappa shape index (κ2) is 6.31. The van der Waals surface area contributed by atoms with E-state index in [-0.39, 0.29) is 0 Å². The number of ether oxygens (including phenoxy) is 1. The quantitative estimate of drug-likeness (QED) is 0.567. The van der Waals surface area contributed by atoms with Crippen molar-refractivity contribution in [3.63, 3.8) is 0 Å². The first-order chi connectivity index (χ1) is 7.27. The van der Waals surface area contributed by atoms with Gasteiger partial charge in [0.05, 0.1) is 18.2 Å². The summed E-state index contributed by atoms with van der Waals surface area (Å²) < 4.78 is 5.57. The molecule has 1 aromatic carbocycles. The zero-order chi connectivity index (χ0) is 11.1. The van der Waals surface area contributed by atoms with Gasteiger partial charge in [0.1, 0.15) is 5.75 Å². The number of nitrogens with zero attached hydrogens (tertiary/aromatic N) is 1. The van der Waals surface area contributed by atoms with Gasteiger partial charge in [-0.15, -0.1) is 11.6 Å². The number of unbranched alkanes of at least 4 members (excludes halogenated alkanes) is 1. The fraction of sp³-hybridized carbons (Fsp3) is 0.417. The van der Waals surface area contributed by atoms with E-state index >= 15 is 0 Å². The molecule has 0 amide bonds. The van der Waals surface area contributed by atoms with Crippen LogP contribution in [0, 0.1) is 18.3 Å². The van der Waals surface area contributed by atoms with Crippen LogP contribution in [0.15, 0.2) is 18.2 Å². The number of hydrogen-bond donors (Lipinski definition) is 0. The largest absolute Gasteiger partial charge is 0.493 e. The third-order valence-electron chi connectivity index (χ3n) is 2.10. The van der Waals surface area contributed by atoms with E-state index in [1.807, 2.05) is 13.0 Å². The highest BCUT2D eigenvalue weighted by atomic mass is 35.5. The van der Waals surface area contributed by atoms with Gasteiger partial charge in [-0.1, -0.05) is 6.07 Å². The maximum Gasteiger partial charge on any atom is 0.123 e. The number of nitriles is 1. The summed E-state index contributed by atoms with van der Waals surface area (Å²) in [5.74, 6) is 1.46. The monoisotopic (exact) mass is 223 g/mol. The number of benzene rings is 1. The van der Waals surface area contributed by atoms with Gasteiger partial charge in [0.25, 0.3) is 0 Å². The summed E-state index contributed by atoms with van der Waals surface area (Å²) in [6, 6.07) is 7.56. The average Bonchev–Trinajstić information content (AvgIpc) is 2.26. The Labute approximate surface area is 95.4 Å². The Balaban J connectivity index is 2.56. The second-order valence-electron chi connectivity index (χ2n) is 3.34. The van der Waals surface area contributed by atoms with Gasteiger partial charge in [-0.2, -0.15) is 5.26 Å². The van der Waals surface area contributed by atoms with Crippen molar-refractivity contribution in [2.24, 2.45) is 0 Å². The molecule has 0 heterocycles. The van der Waals surface area contributed by atoms with Gasteiger partial charge in [-0.25, -0.2) is 0 Å². The molecule has 80 valence electrons. The summed E-state index contributed by atoms with van der Waals surface area (Å²) in [6.07, 6.45) is 1.90. The Kier molecular flexibility index (Phi) is 5.00. The molecular formula is C12H14ClNO. The molecule has 0 spiro atoms. The fourth-order valence-electron chi connectivity index (χ4n) is 1.20. The zero-order valence-electron chi connectivity index (χ0n) is 8.79. The molecule has 0 bridgehead atoms. The molecule has 0 fully saturated rings. The summed E-state index contributed by atoms with van der Waals surface area (Å²) in [5, 5.41) is 8.74. The topological polar surface area (TPSA) is 33.0 Å². The SMILES string of the molecule is Cc1ccc(C#N)cc1OCCCCCl. The van der Waals surface area contributed by atoms with Crippen molar-refractivity contribution in [2.75, 3.05) is 12.5 Å². The molecule has 0 radical (unpaired) electrons. The maximum atomic E-state index is 8.74. The molecule has 0 aromatic heterocycles. The van der Waals surface area contributed by atoms with Gasteiger partial charge in [0.2, 0.25) is 0 Å². The smallest absolute Gasteiger partial charge is 0.123 e. The summed E-state index contributed by atoms with van der Waals surface area (Å²) in [4.78, 5) is 0. The first-order valence-electron chi connectivity index (χ1n) is 4.97. The number of hydrogen-bond acceptors (Lipinski definition) is 2. The highest BCUT2D eigenvalue weighted by Gasteiger charge is 2.00. The van der Waals surface area contributed by atoms with Crippen LogP contribution in [-0.4, -0.2) is 12.5 Å². The summed E-state index contributed by atoms with van der Waals surface area (Å²) in [5.41, 5.74) is 1.69. The van der Waals surface area contributed by atoms with Gasteiger partial charge in [0.15, 0.2) is 0 Å². The lowest BCUT2D eigenvalue weighted by Crippen LogP contribution is -1.99. The van der Waals surface area contributed by atoms with Crippen LogP contribution in [0.1, 0.15) is 24.0 Å². The molecule has 0 saturated carbocycles. The van der Waals surface area contributed by atoms with E-state index in [4.69, 9.17) is 21.6 Å². The van der Waals surface area contributed by atoms with E-state index < -0.39 is 0 Å². The molecule has 1 rings (SSSR count). The minimum atomic E-state index is 0.632. The molecule has 0 unspecified atom stereocenters. The van der Waals surface area contributed by atoms with Crippen LogP contribution in [-0.2, 0) is 0 Å². The molecule has 0 aliphatic rings. The third kappa shape index (κ3) is 3.81. The molecular weight excluding hydrogens is 210 g/mol. The minimum absolute atomic E-state index is 0.632. The Hall–Kier alpha value is -1.20. The molecule has 1 aromatic rings. The van der Waals surface area contributed by atoms with Crippen LogP contribution in [0.2, 0.25) is 0 Å². The van der Waals surface area contributed by atoms with Gasteiger partial charge in [0, 0.05) is 5.88 Å². The number of rotatable bonds is 5. The first-order valence-corrected chi connectivity index (χ1v) is 5.51. The first kappa shape index (κ1) is 11.9. The normalized spacial score (nSPS) is 9.67. The van der Waals surface area contributed by atoms with Crippen LogP contribution < -0.4 is 4.74 Å². The van der Waals surface area contributed by atoms with Gasteiger partial charge in [-0.05, 0) is 37.5 Å². The van der Waals surface area contributed by atoms with E-state index in [1.165, 1.54) is 0 Å². The zero-order valence-corrected chi connectivity index (χ0v) is 9.55. The standard InChI is InChI=1S/C12H14ClNO/c1-10-4-5-11(9-14)8-12(10)15-7-3-2-6-13/h4-5,8H,2-3,6-7H2,1H3. The number of aryl methyl sites for hydroxylation is 1. The maximum absolute atomic E-state index is 8.74.